The molecule has 0 bridgehead atoms. The number of nitrogens with zero attached hydrogens (tertiary/aromatic N) is 3. The molecule has 3 heterocycles. The zero-order valence-electron chi connectivity index (χ0n) is 12.3. The van der Waals surface area contributed by atoms with Crippen LogP contribution in [0.15, 0.2) is 0 Å². The molecule has 4 unspecified atom stereocenters. The molecule has 5 heteroatoms. The van der Waals surface area contributed by atoms with Gasteiger partial charge in [-0.2, -0.15) is 4.98 Å². The molecule has 0 spiro atoms. The Kier molecular flexibility index (Phi) is 3.17. The first-order valence-electron chi connectivity index (χ1n) is 8.22. The molecule has 5 nitrogen and oxygen atoms in total. The maximum atomic E-state index is 4.86. The van der Waals surface area contributed by atoms with Gasteiger partial charge in [-0.1, -0.05) is 13.3 Å². The van der Waals surface area contributed by atoms with Crippen molar-refractivity contribution in [2.24, 2.45) is 11.8 Å². The van der Waals surface area contributed by atoms with Crippen LogP contribution in [-0.4, -0.2) is 40.9 Å². The lowest BCUT2D eigenvalue weighted by Gasteiger charge is -2.36. The molecule has 4 rings (SSSR count). The fraction of sp³-hybridized carbons (Fsp3) is 0.867. The third kappa shape index (κ3) is 2.03. The first-order valence-corrected chi connectivity index (χ1v) is 8.22. The summed E-state index contributed by atoms with van der Waals surface area (Å²) in [4.78, 5) is 7.30. The molecular formula is C15H25N5. The Morgan fingerprint density at radius 3 is 2.95 bits per heavy atom. The van der Waals surface area contributed by atoms with Gasteiger partial charge >= 0.3 is 0 Å². The molecule has 2 N–H and O–H groups in total. The van der Waals surface area contributed by atoms with Crippen LogP contribution in [0.5, 0.6) is 0 Å². The fourth-order valence-electron chi connectivity index (χ4n) is 4.43. The van der Waals surface area contributed by atoms with Crippen molar-refractivity contribution in [2.45, 2.75) is 51.0 Å². The Labute approximate surface area is 120 Å². The number of aromatic nitrogens is 3. The van der Waals surface area contributed by atoms with Crippen molar-refractivity contribution in [3.63, 3.8) is 0 Å². The largest absolute Gasteiger partial charge is 0.335 e. The van der Waals surface area contributed by atoms with Crippen LogP contribution in [0.1, 0.15) is 50.8 Å². The Morgan fingerprint density at radius 1 is 1.15 bits per heavy atom. The van der Waals surface area contributed by atoms with Crippen molar-refractivity contribution in [3.8, 4) is 0 Å². The van der Waals surface area contributed by atoms with Gasteiger partial charge in [-0.15, -0.1) is 5.10 Å². The van der Waals surface area contributed by atoms with Gasteiger partial charge in [-0.3, -0.25) is 5.10 Å². The summed E-state index contributed by atoms with van der Waals surface area (Å²) in [6, 6.07) is 0.605. The molecule has 1 aromatic rings. The molecular weight excluding hydrogens is 250 g/mol. The number of fused-ring (bicyclic) bond motifs is 1. The van der Waals surface area contributed by atoms with Gasteiger partial charge in [0.15, 0.2) is 0 Å². The minimum absolute atomic E-state index is 0.596. The molecule has 2 saturated heterocycles. The van der Waals surface area contributed by atoms with Gasteiger partial charge < -0.3 is 10.2 Å². The average Bonchev–Trinajstić information content (AvgIpc) is 3.17. The predicted octanol–water partition coefficient (Wildman–Crippen LogP) is 1.90. The van der Waals surface area contributed by atoms with Crippen LogP contribution >= 0.6 is 0 Å². The fourth-order valence-corrected chi connectivity index (χ4v) is 4.43. The normalized spacial score (nSPS) is 37.4. The van der Waals surface area contributed by atoms with Crippen molar-refractivity contribution in [2.75, 3.05) is 24.5 Å². The quantitative estimate of drug-likeness (QED) is 0.865. The molecule has 1 saturated carbocycles. The second-order valence-corrected chi connectivity index (χ2v) is 6.86. The van der Waals surface area contributed by atoms with E-state index in [0.29, 0.717) is 12.0 Å². The van der Waals surface area contributed by atoms with Gasteiger partial charge in [-0.05, 0) is 37.5 Å². The number of hydrogen-bond donors (Lipinski definition) is 2. The Bertz CT molecular complexity index is 471. The van der Waals surface area contributed by atoms with Crippen molar-refractivity contribution in [1.82, 2.24) is 20.5 Å². The van der Waals surface area contributed by atoms with Crippen LogP contribution in [0.4, 0.5) is 5.95 Å². The summed E-state index contributed by atoms with van der Waals surface area (Å²) in [6.07, 6.45) is 6.56. The highest BCUT2D eigenvalue weighted by molar-refractivity contribution is 5.34. The van der Waals surface area contributed by atoms with E-state index in [0.717, 1.165) is 43.2 Å². The number of anilines is 1. The van der Waals surface area contributed by atoms with Gasteiger partial charge in [0.05, 0.1) is 0 Å². The molecule has 0 aromatic carbocycles. The van der Waals surface area contributed by atoms with E-state index in [2.05, 4.69) is 27.3 Å². The van der Waals surface area contributed by atoms with Gasteiger partial charge in [0.1, 0.15) is 5.82 Å². The maximum Gasteiger partial charge on any atom is 0.245 e. The van der Waals surface area contributed by atoms with Crippen LogP contribution in [0.3, 0.4) is 0 Å². The van der Waals surface area contributed by atoms with E-state index in [-0.39, 0.29) is 0 Å². The summed E-state index contributed by atoms with van der Waals surface area (Å²) in [7, 11) is 0. The minimum Gasteiger partial charge on any atom is -0.335 e. The lowest BCUT2D eigenvalue weighted by molar-refractivity contribution is 0.381. The molecule has 4 atom stereocenters. The van der Waals surface area contributed by atoms with E-state index in [1.165, 1.54) is 32.1 Å². The molecule has 1 aromatic heterocycles. The average molecular weight is 275 g/mol. The first-order chi connectivity index (χ1) is 9.83. The smallest absolute Gasteiger partial charge is 0.245 e. The van der Waals surface area contributed by atoms with Crippen LogP contribution in [0, 0.1) is 11.8 Å². The number of aromatic amines is 1. The summed E-state index contributed by atoms with van der Waals surface area (Å²) < 4.78 is 0. The minimum atomic E-state index is 0.596. The van der Waals surface area contributed by atoms with E-state index in [4.69, 9.17) is 4.98 Å². The monoisotopic (exact) mass is 275 g/mol. The Balaban J connectivity index is 1.55. The van der Waals surface area contributed by atoms with Gasteiger partial charge in [0, 0.05) is 31.6 Å². The van der Waals surface area contributed by atoms with Crippen molar-refractivity contribution in [1.29, 1.82) is 0 Å². The first kappa shape index (κ1) is 12.6. The summed E-state index contributed by atoms with van der Waals surface area (Å²) in [6.45, 7) is 5.71. The van der Waals surface area contributed by atoms with E-state index in [1.54, 1.807) is 0 Å². The van der Waals surface area contributed by atoms with E-state index >= 15 is 0 Å². The van der Waals surface area contributed by atoms with Crippen LogP contribution in [0.2, 0.25) is 0 Å². The molecule has 1 aliphatic carbocycles. The van der Waals surface area contributed by atoms with E-state index < -0.39 is 0 Å². The molecule has 20 heavy (non-hydrogen) atoms. The lowest BCUT2D eigenvalue weighted by Crippen LogP contribution is -2.45. The zero-order valence-corrected chi connectivity index (χ0v) is 12.3. The molecule has 3 aliphatic rings. The highest BCUT2D eigenvalue weighted by Gasteiger charge is 2.37. The van der Waals surface area contributed by atoms with Crippen LogP contribution in [-0.2, 0) is 0 Å². The summed E-state index contributed by atoms with van der Waals surface area (Å²) in [5, 5.41) is 11.3. The second-order valence-electron chi connectivity index (χ2n) is 6.86. The highest BCUT2D eigenvalue weighted by atomic mass is 15.4. The SMILES string of the molecule is CC1CCCC1c1nc(N2CCCC3CNCC32)n[nH]1. The van der Waals surface area contributed by atoms with Crippen molar-refractivity contribution >= 4 is 5.95 Å². The zero-order chi connectivity index (χ0) is 13.5. The standard InChI is InChI=1S/C15H25N5/c1-10-4-2-6-12(10)14-17-15(19-18-14)20-7-3-5-11-8-16-9-13(11)20/h10-13,16H,2-9H2,1H3,(H,17,18,19). The Hall–Kier alpha value is -1.10. The van der Waals surface area contributed by atoms with E-state index in [1.807, 2.05) is 0 Å². The van der Waals surface area contributed by atoms with Gasteiger partial charge in [0.25, 0.3) is 0 Å². The summed E-state index contributed by atoms with van der Waals surface area (Å²) in [5.41, 5.74) is 0. The summed E-state index contributed by atoms with van der Waals surface area (Å²) in [5.74, 6) is 4.20. The summed E-state index contributed by atoms with van der Waals surface area (Å²) >= 11 is 0. The highest BCUT2D eigenvalue weighted by Crippen LogP contribution is 2.38. The van der Waals surface area contributed by atoms with Crippen molar-refractivity contribution < 1.29 is 0 Å². The molecule has 0 amide bonds. The number of H-pyrrole nitrogens is 1. The number of hydrogen-bond acceptors (Lipinski definition) is 4. The number of piperidine rings is 1. The molecule has 3 fully saturated rings. The van der Waals surface area contributed by atoms with Crippen LogP contribution < -0.4 is 10.2 Å². The maximum absolute atomic E-state index is 4.86. The second kappa shape index (κ2) is 5.02. The van der Waals surface area contributed by atoms with Crippen molar-refractivity contribution in [3.05, 3.63) is 5.82 Å². The van der Waals surface area contributed by atoms with E-state index in [9.17, 15) is 0 Å². The number of nitrogens with one attached hydrogen (secondary N) is 2. The van der Waals surface area contributed by atoms with Crippen LogP contribution in [0.25, 0.3) is 0 Å². The predicted molar refractivity (Wildman–Crippen MR) is 78.9 cm³/mol. The van der Waals surface area contributed by atoms with Gasteiger partial charge in [0.2, 0.25) is 5.95 Å². The topological polar surface area (TPSA) is 56.8 Å². The lowest BCUT2D eigenvalue weighted by atomic mass is 9.92. The third-order valence-electron chi connectivity index (χ3n) is 5.64. The number of rotatable bonds is 2. The molecule has 0 radical (unpaired) electrons. The van der Waals surface area contributed by atoms with Gasteiger partial charge in [-0.25, -0.2) is 0 Å². The Morgan fingerprint density at radius 2 is 2.10 bits per heavy atom. The molecule has 2 aliphatic heterocycles. The third-order valence-corrected chi connectivity index (χ3v) is 5.64. The molecule has 110 valence electrons.